The van der Waals surface area contributed by atoms with Crippen molar-refractivity contribution in [2.75, 3.05) is 5.75 Å². The summed E-state index contributed by atoms with van der Waals surface area (Å²) in [7, 11) is 0. The van der Waals surface area contributed by atoms with E-state index in [0.717, 1.165) is 5.75 Å². The zero-order chi connectivity index (χ0) is 9.73. The Balaban J connectivity index is 2.98. The predicted molar refractivity (Wildman–Crippen MR) is 53.9 cm³/mol. The Hall–Kier alpha value is -1.19. The second-order valence-corrected chi connectivity index (χ2v) is 4.23. The van der Waals surface area contributed by atoms with Gasteiger partial charge in [-0.25, -0.2) is 0 Å². The summed E-state index contributed by atoms with van der Waals surface area (Å²) in [6, 6.07) is 4.37. The van der Waals surface area contributed by atoms with Gasteiger partial charge in [-0.2, -0.15) is 10.5 Å². The second-order valence-electron chi connectivity index (χ2n) is 2.69. The van der Waals surface area contributed by atoms with Crippen molar-refractivity contribution in [2.45, 2.75) is 11.7 Å². The summed E-state index contributed by atoms with van der Waals surface area (Å²) >= 11 is 1.51. The summed E-state index contributed by atoms with van der Waals surface area (Å²) in [4.78, 5) is 0. The quantitative estimate of drug-likeness (QED) is 0.671. The molecule has 0 amide bonds. The zero-order valence-corrected chi connectivity index (χ0v) is 8.21. The van der Waals surface area contributed by atoms with Crippen LogP contribution in [0.3, 0.4) is 0 Å². The van der Waals surface area contributed by atoms with Gasteiger partial charge in [-0.05, 0) is 5.75 Å². The van der Waals surface area contributed by atoms with Crippen molar-refractivity contribution in [2.24, 2.45) is 5.92 Å². The molecule has 0 aliphatic heterocycles. The maximum absolute atomic E-state index is 9.07. The van der Waals surface area contributed by atoms with Gasteiger partial charge in [0.05, 0.1) is 18.1 Å². The Labute approximate surface area is 82.5 Å². The molecule has 1 aliphatic rings. The van der Waals surface area contributed by atoms with Crippen LogP contribution < -0.4 is 0 Å². The third-order valence-corrected chi connectivity index (χ3v) is 3.17. The van der Waals surface area contributed by atoms with Crippen molar-refractivity contribution in [3.63, 3.8) is 0 Å². The van der Waals surface area contributed by atoms with Crippen LogP contribution in [0.25, 0.3) is 0 Å². The smallest absolute Gasteiger partial charge is 0.140 e. The number of thioether (sulfide) groups is 1. The van der Waals surface area contributed by atoms with Crippen molar-refractivity contribution >= 4 is 11.8 Å². The van der Waals surface area contributed by atoms with Crippen LogP contribution in [0.1, 0.15) is 6.92 Å². The van der Waals surface area contributed by atoms with Crippen molar-refractivity contribution in [3.8, 4) is 12.1 Å². The summed E-state index contributed by atoms with van der Waals surface area (Å²) < 4.78 is -0.668. The van der Waals surface area contributed by atoms with E-state index < -0.39 is 4.75 Å². The standard InChI is InChI=1S/C10H10N2S/c1-2-13-10(8-12)6-4-3-5-9(10)7-11/h3-6,9H,2H2,1H3. The Bertz CT molecular complexity index is 319. The Morgan fingerprint density at radius 1 is 1.46 bits per heavy atom. The minimum atomic E-state index is -0.668. The number of rotatable bonds is 2. The van der Waals surface area contributed by atoms with Crippen LogP contribution in [-0.2, 0) is 0 Å². The summed E-state index contributed by atoms with van der Waals surface area (Å²) in [5.74, 6) is 0.511. The normalized spacial score (nSPS) is 30.8. The fraction of sp³-hybridized carbons (Fsp3) is 0.400. The summed E-state index contributed by atoms with van der Waals surface area (Å²) in [6.07, 6.45) is 7.25. The molecule has 3 heteroatoms. The molecule has 1 aliphatic carbocycles. The van der Waals surface area contributed by atoms with E-state index in [1.165, 1.54) is 11.8 Å². The van der Waals surface area contributed by atoms with E-state index in [-0.39, 0.29) is 5.92 Å². The van der Waals surface area contributed by atoms with Crippen LogP contribution in [0.4, 0.5) is 0 Å². The highest BCUT2D eigenvalue weighted by atomic mass is 32.2. The highest BCUT2D eigenvalue weighted by molar-refractivity contribution is 8.01. The molecule has 2 atom stereocenters. The Morgan fingerprint density at radius 2 is 2.23 bits per heavy atom. The van der Waals surface area contributed by atoms with E-state index in [2.05, 4.69) is 12.1 Å². The fourth-order valence-corrected chi connectivity index (χ4v) is 2.30. The first-order chi connectivity index (χ1) is 6.29. The maximum Gasteiger partial charge on any atom is 0.140 e. The van der Waals surface area contributed by atoms with Crippen LogP contribution in [0.15, 0.2) is 24.3 Å². The molecule has 2 nitrogen and oxygen atoms in total. The van der Waals surface area contributed by atoms with Gasteiger partial charge in [-0.15, -0.1) is 11.8 Å². The van der Waals surface area contributed by atoms with E-state index in [9.17, 15) is 0 Å². The molecule has 0 N–H and O–H groups in total. The minimum absolute atomic E-state index is 0.326. The third kappa shape index (κ3) is 1.76. The lowest BCUT2D eigenvalue weighted by molar-refractivity contribution is 0.742. The van der Waals surface area contributed by atoms with Crippen LogP contribution in [-0.4, -0.2) is 10.5 Å². The highest BCUT2D eigenvalue weighted by Crippen LogP contribution is 2.36. The molecule has 0 fully saturated rings. The molecule has 0 aromatic heterocycles. The van der Waals surface area contributed by atoms with Gasteiger partial charge in [0, 0.05) is 0 Å². The monoisotopic (exact) mass is 190 g/mol. The largest absolute Gasteiger partial charge is 0.198 e. The predicted octanol–water partition coefficient (Wildman–Crippen LogP) is 2.27. The molecule has 0 bridgehead atoms. The number of nitrogens with zero attached hydrogens (tertiary/aromatic N) is 2. The molecule has 0 aromatic carbocycles. The van der Waals surface area contributed by atoms with Gasteiger partial charge in [0.2, 0.25) is 0 Å². The Morgan fingerprint density at radius 3 is 2.77 bits per heavy atom. The number of hydrogen-bond donors (Lipinski definition) is 0. The first-order valence-corrected chi connectivity index (χ1v) is 5.08. The van der Waals surface area contributed by atoms with E-state index in [0.29, 0.717) is 0 Å². The molecule has 13 heavy (non-hydrogen) atoms. The van der Waals surface area contributed by atoms with Gasteiger partial charge >= 0.3 is 0 Å². The van der Waals surface area contributed by atoms with Gasteiger partial charge < -0.3 is 0 Å². The average molecular weight is 190 g/mol. The van der Waals surface area contributed by atoms with Crippen LogP contribution in [0.5, 0.6) is 0 Å². The van der Waals surface area contributed by atoms with Gasteiger partial charge in [-0.3, -0.25) is 0 Å². The maximum atomic E-state index is 9.07. The molecule has 0 saturated carbocycles. The number of allylic oxidation sites excluding steroid dienone is 3. The van der Waals surface area contributed by atoms with E-state index in [1.54, 1.807) is 6.08 Å². The molecule has 0 spiro atoms. The first kappa shape index (κ1) is 9.89. The molecule has 2 unspecified atom stereocenters. The SMILES string of the molecule is CCSC1(C#N)C=CC=CC1C#N. The average Bonchev–Trinajstić information content (AvgIpc) is 2.19. The lowest BCUT2D eigenvalue weighted by Gasteiger charge is -2.26. The molecule has 66 valence electrons. The lowest BCUT2D eigenvalue weighted by atomic mass is 9.90. The molecular weight excluding hydrogens is 180 g/mol. The Kier molecular flexibility index (Phi) is 3.17. The topological polar surface area (TPSA) is 47.6 Å². The van der Waals surface area contributed by atoms with Gasteiger partial charge in [0.25, 0.3) is 0 Å². The van der Waals surface area contributed by atoms with Crippen LogP contribution in [0, 0.1) is 28.6 Å². The second kappa shape index (κ2) is 4.16. The number of hydrogen-bond acceptors (Lipinski definition) is 3. The number of nitriles is 2. The molecule has 0 aromatic rings. The summed E-state index contributed by atoms with van der Waals surface area (Å²) in [5.41, 5.74) is 0. The van der Waals surface area contributed by atoms with Crippen molar-refractivity contribution < 1.29 is 0 Å². The third-order valence-electron chi connectivity index (χ3n) is 1.92. The van der Waals surface area contributed by atoms with Crippen molar-refractivity contribution in [1.29, 1.82) is 10.5 Å². The van der Waals surface area contributed by atoms with Crippen LogP contribution >= 0.6 is 11.8 Å². The fourth-order valence-electron chi connectivity index (χ4n) is 1.28. The molecule has 0 heterocycles. The first-order valence-electron chi connectivity index (χ1n) is 4.10. The molecule has 0 saturated heterocycles. The highest BCUT2D eigenvalue weighted by Gasteiger charge is 2.36. The zero-order valence-electron chi connectivity index (χ0n) is 7.40. The van der Waals surface area contributed by atoms with Gasteiger partial charge in [0.1, 0.15) is 4.75 Å². The lowest BCUT2D eigenvalue weighted by Crippen LogP contribution is -2.30. The van der Waals surface area contributed by atoms with Gasteiger partial charge in [0.15, 0.2) is 0 Å². The van der Waals surface area contributed by atoms with E-state index >= 15 is 0 Å². The minimum Gasteiger partial charge on any atom is -0.198 e. The van der Waals surface area contributed by atoms with Crippen molar-refractivity contribution in [3.05, 3.63) is 24.3 Å². The molecular formula is C10H10N2S. The summed E-state index contributed by atoms with van der Waals surface area (Å²) in [6.45, 7) is 1.99. The van der Waals surface area contributed by atoms with Crippen molar-refractivity contribution in [1.82, 2.24) is 0 Å². The summed E-state index contributed by atoms with van der Waals surface area (Å²) in [5, 5.41) is 18.0. The van der Waals surface area contributed by atoms with E-state index in [4.69, 9.17) is 10.5 Å². The molecule has 0 radical (unpaired) electrons. The van der Waals surface area contributed by atoms with Crippen LogP contribution in [0.2, 0.25) is 0 Å². The van der Waals surface area contributed by atoms with Gasteiger partial charge in [-0.1, -0.05) is 31.2 Å². The molecule has 1 rings (SSSR count). The van der Waals surface area contributed by atoms with E-state index in [1.807, 2.05) is 25.2 Å².